The van der Waals surface area contributed by atoms with Crippen molar-refractivity contribution >= 4 is 23.2 Å². The highest BCUT2D eigenvalue weighted by Crippen LogP contribution is 2.30. The van der Waals surface area contributed by atoms with Gasteiger partial charge < -0.3 is 19.2 Å². The zero-order valence-electron chi connectivity index (χ0n) is 20.4. The van der Waals surface area contributed by atoms with E-state index in [4.69, 9.17) is 4.52 Å². The molecular formula is C26H29N5O5. The lowest BCUT2D eigenvalue weighted by molar-refractivity contribution is -0.384. The number of nitro groups is 1. The summed E-state index contributed by atoms with van der Waals surface area (Å²) in [5.74, 6) is 0.446. The average Bonchev–Trinajstić information content (AvgIpc) is 3.37. The molecule has 0 bridgehead atoms. The number of amides is 2. The number of rotatable bonds is 8. The molecule has 3 aromatic rings. The summed E-state index contributed by atoms with van der Waals surface area (Å²) < 4.78 is 5.42. The molecule has 4 rings (SSSR count). The van der Waals surface area contributed by atoms with Gasteiger partial charge in [0, 0.05) is 76.4 Å². The second-order valence-corrected chi connectivity index (χ2v) is 8.83. The summed E-state index contributed by atoms with van der Waals surface area (Å²) in [5.41, 5.74) is 2.36. The minimum absolute atomic E-state index is 0.00641. The number of anilines is 1. The van der Waals surface area contributed by atoms with Gasteiger partial charge in [0.2, 0.25) is 5.91 Å². The van der Waals surface area contributed by atoms with Crippen molar-refractivity contribution in [1.29, 1.82) is 0 Å². The molecule has 10 heteroatoms. The highest BCUT2D eigenvalue weighted by molar-refractivity contribution is 5.95. The molecule has 0 spiro atoms. The molecule has 1 saturated heterocycles. The molecule has 0 unspecified atom stereocenters. The summed E-state index contributed by atoms with van der Waals surface area (Å²) in [4.78, 5) is 41.0. The second kappa shape index (κ2) is 11.0. The van der Waals surface area contributed by atoms with Crippen LogP contribution >= 0.6 is 0 Å². The van der Waals surface area contributed by atoms with Gasteiger partial charge in [0.05, 0.1) is 4.92 Å². The third kappa shape index (κ3) is 5.70. The van der Waals surface area contributed by atoms with Crippen LogP contribution < -0.4 is 4.90 Å². The minimum atomic E-state index is -0.461. The number of carbonyl (C=O) groups is 2. The van der Waals surface area contributed by atoms with Crippen molar-refractivity contribution < 1.29 is 19.0 Å². The van der Waals surface area contributed by atoms with Crippen LogP contribution in [0.4, 0.5) is 11.4 Å². The first-order valence-corrected chi connectivity index (χ1v) is 11.9. The quantitative estimate of drug-likeness (QED) is 0.349. The van der Waals surface area contributed by atoms with E-state index in [1.165, 1.54) is 13.0 Å². The number of aryl methyl sites for hydroxylation is 1. The van der Waals surface area contributed by atoms with E-state index < -0.39 is 4.92 Å². The Bertz CT molecular complexity index is 1230. The average molecular weight is 492 g/mol. The maximum absolute atomic E-state index is 13.0. The van der Waals surface area contributed by atoms with Gasteiger partial charge >= 0.3 is 0 Å². The molecule has 2 aromatic carbocycles. The normalized spacial score (nSPS) is 13.5. The van der Waals surface area contributed by atoms with Crippen LogP contribution in [-0.4, -0.2) is 71.5 Å². The largest absolute Gasteiger partial charge is 0.362 e. The number of nitrogens with zero attached hydrogens (tertiary/aromatic N) is 5. The molecule has 2 amide bonds. The van der Waals surface area contributed by atoms with E-state index in [-0.39, 0.29) is 23.1 Å². The fourth-order valence-corrected chi connectivity index (χ4v) is 4.32. The van der Waals surface area contributed by atoms with E-state index in [2.05, 4.69) is 5.16 Å². The van der Waals surface area contributed by atoms with Crippen molar-refractivity contribution in [3.8, 4) is 11.3 Å². The van der Waals surface area contributed by atoms with Crippen molar-refractivity contribution in [3.63, 3.8) is 0 Å². The van der Waals surface area contributed by atoms with Gasteiger partial charge in [0.15, 0.2) is 0 Å². The highest BCUT2D eigenvalue weighted by atomic mass is 16.6. The van der Waals surface area contributed by atoms with E-state index in [9.17, 15) is 19.7 Å². The van der Waals surface area contributed by atoms with Gasteiger partial charge in [-0.2, -0.15) is 0 Å². The summed E-state index contributed by atoms with van der Waals surface area (Å²) in [7, 11) is 1.68. The predicted molar refractivity (Wildman–Crippen MR) is 135 cm³/mol. The number of piperazine rings is 1. The molecule has 188 valence electrons. The fraction of sp³-hybridized carbons (Fsp3) is 0.346. The fourth-order valence-electron chi connectivity index (χ4n) is 4.32. The Hall–Kier alpha value is -4.21. The Morgan fingerprint density at radius 2 is 1.81 bits per heavy atom. The van der Waals surface area contributed by atoms with Gasteiger partial charge in [-0.25, -0.2) is 0 Å². The van der Waals surface area contributed by atoms with Gasteiger partial charge in [-0.1, -0.05) is 35.5 Å². The lowest BCUT2D eigenvalue weighted by atomic mass is 10.1. The smallest absolute Gasteiger partial charge is 0.293 e. The Morgan fingerprint density at radius 1 is 1.08 bits per heavy atom. The first-order chi connectivity index (χ1) is 17.3. The molecule has 0 atom stereocenters. The van der Waals surface area contributed by atoms with Crippen LogP contribution in [0.15, 0.2) is 59.1 Å². The van der Waals surface area contributed by atoms with E-state index in [0.717, 1.165) is 17.0 Å². The van der Waals surface area contributed by atoms with Gasteiger partial charge in [-0.15, -0.1) is 0 Å². The molecule has 36 heavy (non-hydrogen) atoms. The van der Waals surface area contributed by atoms with Crippen molar-refractivity contribution in [3.05, 3.63) is 76.0 Å². The van der Waals surface area contributed by atoms with Crippen molar-refractivity contribution in [2.24, 2.45) is 0 Å². The molecule has 1 aliphatic rings. The number of nitro benzene ring substituents is 1. The van der Waals surface area contributed by atoms with Gasteiger partial charge in [-0.05, 0) is 18.6 Å². The van der Waals surface area contributed by atoms with E-state index >= 15 is 0 Å². The number of benzene rings is 2. The summed E-state index contributed by atoms with van der Waals surface area (Å²) in [6.45, 7) is 4.00. The zero-order chi connectivity index (χ0) is 25.7. The van der Waals surface area contributed by atoms with E-state index in [1.54, 1.807) is 29.0 Å². The summed E-state index contributed by atoms with van der Waals surface area (Å²) in [6, 6.07) is 16.2. The SMILES string of the molecule is CC(=O)N1CCN(c2ccc(C(=O)N(C)CCCc3cc(-c4ccccc4)no3)cc2[N+](=O)[O-])CC1. The Balaban J connectivity index is 1.36. The van der Waals surface area contributed by atoms with Crippen molar-refractivity contribution in [2.75, 3.05) is 44.7 Å². The first-order valence-electron chi connectivity index (χ1n) is 11.9. The Kier molecular flexibility index (Phi) is 7.62. The van der Waals surface area contributed by atoms with Crippen molar-refractivity contribution in [2.45, 2.75) is 19.8 Å². The third-order valence-electron chi connectivity index (χ3n) is 6.38. The number of hydrogen-bond donors (Lipinski definition) is 0. The maximum Gasteiger partial charge on any atom is 0.293 e. The second-order valence-electron chi connectivity index (χ2n) is 8.83. The number of carbonyl (C=O) groups excluding carboxylic acids is 2. The topological polar surface area (TPSA) is 113 Å². The lowest BCUT2D eigenvalue weighted by Crippen LogP contribution is -2.48. The van der Waals surface area contributed by atoms with Crippen LogP contribution in [0.25, 0.3) is 11.3 Å². The van der Waals surface area contributed by atoms with Gasteiger partial charge in [0.1, 0.15) is 17.1 Å². The van der Waals surface area contributed by atoms with Gasteiger partial charge in [0.25, 0.3) is 11.6 Å². The number of aromatic nitrogens is 1. The standard InChI is InChI=1S/C26H29N5O5/c1-19(32)29-13-15-30(16-14-29)24-11-10-21(17-25(24)31(34)35)26(33)28(2)12-6-9-22-18-23(27-36-22)20-7-4-3-5-8-20/h3-5,7-8,10-11,17-18H,6,9,12-16H2,1-2H3. The molecule has 0 radical (unpaired) electrons. The highest BCUT2D eigenvalue weighted by Gasteiger charge is 2.26. The Morgan fingerprint density at radius 3 is 2.47 bits per heavy atom. The van der Waals surface area contributed by atoms with Crippen LogP contribution in [0.2, 0.25) is 0 Å². The lowest BCUT2D eigenvalue weighted by Gasteiger charge is -2.35. The van der Waals surface area contributed by atoms with Crippen LogP contribution in [-0.2, 0) is 11.2 Å². The number of hydrogen-bond acceptors (Lipinski definition) is 7. The van der Waals surface area contributed by atoms with Crippen LogP contribution in [0, 0.1) is 10.1 Å². The van der Waals surface area contributed by atoms with Crippen LogP contribution in [0.1, 0.15) is 29.5 Å². The molecule has 10 nitrogen and oxygen atoms in total. The monoisotopic (exact) mass is 491 g/mol. The first kappa shape index (κ1) is 24.9. The molecule has 1 fully saturated rings. The molecule has 1 aromatic heterocycles. The Labute approximate surface area is 209 Å². The van der Waals surface area contributed by atoms with Gasteiger partial charge in [-0.3, -0.25) is 19.7 Å². The maximum atomic E-state index is 13.0. The summed E-state index contributed by atoms with van der Waals surface area (Å²) in [6.07, 6.45) is 1.27. The van der Waals surface area contributed by atoms with Crippen molar-refractivity contribution in [1.82, 2.24) is 15.0 Å². The zero-order valence-corrected chi connectivity index (χ0v) is 20.4. The molecule has 0 aliphatic carbocycles. The predicted octanol–water partition coefficient (Wildman–Crippen LogP) is 3.62. The third-order valence-corrected chi connectivity index (χ3v) is 6.38. The van der Waals surface area contributed by atoms with Crippen LogP contribution in [0.3, 0.4) is 0 Å². The van der Waals surface area contributed by atoms with Crippen LogP contribution in [0.5, 0.6) is 0 Å². The summed E-state index contributed by atoms with van der Waals surface area (Å²) >= 11 is 0. The minimum Gasteiger partial charge on any atom is -0.362 e. The molecule has 0 saturated carbocycles. The molecule has 1 aliphatic heterocycles. The summed E-state index contributed by atoms with van der Waals surface area (Å²) in [5, 5.41) is 15.9. The molecular weight excluding hydrogens is 462 g/mol. The van der Waals surface area contributed by atoms with E-state index in [1.807, 2.05) is 41.3 Å². The molecule has 0 N–H and O–H groups in total. The molecule has 2 heterocycles. The van der Waals surface area contributed by atoms with E-state index in [0.29, 0.717) is 51.3 Å².